The van der Waals surface area contributed by atoms with Crippen molar-refractivity contribution in [2.24, 2.45) is 5.92 Å². The van der Waals surface area contributed by atoms with Gasteiger partial charge in [0.2, 0.25) is 5.88 Å². The van der Waals surface area contributed by atoms with E-state index in [0.717, 1.165) is 25.2 Å². The molecule has 1 N–H and O–H groups in total. The highest BCUT2D eigenvalue weighted by Crippen LogP contribution is 2.08. The minimum atomic E-state index is 0.638. The molecule has 0 radical (unpaired) electrons. The average Bonchev–Trinajstić information content (AvgIpc) is 2.29. The van der Waals surface area contributed by atoms with E-state index >= 15 is 0 Å². The van der Waals surface area contributed by atoms with Gasteiger partial charge in [0.15, 0.2) is 0 Å². The molecule has 0 fully saturated rings. The van der Waals surface area contributed by atoms with Gasteiger partial charge in [-0.15, -0.1) is 6.58 Å². The third-order valence-corrected chi connectivity index (χ3v) is 2.21. The standard InChI is InChI=1S/C14H22N2O/c1-4-5-9-17-14-8-6-7-13(16-14)11-15-10-12(2)3/h4,6-8,12,15H,1,5,9-11H2,2-3H3. The molecule has 0 unspecified atom stereocenters. The van der Waals surface area contributed by atoms with Crippen LogP contribution in [0.25, 0.3) is 0 Å². The lowest BCUT2D eigenvalue weighted by atomic mass is 10.2. The number of hydrogen-bond donors (Lipinski definition) is 1. The minimum Gasteiger partial charge on any atom is -0.477 e. The predicted molar refractivity (Wildman–Crippen MR) is 71.1 cm³/mol. The highest BCUT2D eigenvalue weighted by molar-refractivity contribution is 5.15. The average molecular weight is 234 g/mol. The number of pyridine rings is 1. The molecule has 0 saturated carbocycles. The van der Waals surface area contributed by atoms with E-state index in [1.807, 2.05) is 24.3 Å². The monoisotopic (exact) mass is 234 g/mol. The fourth-order valence-corrected chi connectivity index (χ4v) is 1.37. The van der Waals surface area contributed by atoms with E-state index in [1.54, 1.807) is 0 Å². The fraction of sp³-hybridized carbons (Fsp3) is 0.500. The molecule has 3 nitrogen and oxygen atoms in total. The summed E-state index contributed by atoms with van der Waals surface area (Å²) in [6.07, 6.45) is 2.69. The van der Waals surface area contributed by atoms with Crippen molar-refractivity contribution in [3.8, 4) is 5.88 Å². The molecule has 0 spiro atoms. The summed E-state index contributed by atoms with van der Waals surface area (Å²) in [5.74, 6) is 1.35. The molecule has 0 aliphatic rings. The molecule has 1 heterocycles. The van der Waals surface area contributed by atoms with Gasteiger partial charge in [-0.25, -0.2) is 4.98 Å². The molecule has 0 atom stereocenters. The predicted octanol–water partition coefficient (Wildman–Crippen LogP) is 2.78. The van der Waals surface area contributed by atoms with Gasteiger partial charge in [0.25, 0.3) is 0 Å². The first kappa shape index (κ1) is 13.7. The van der Waals surface area contributed by atoms with Crippen molar-refractivity contribution in [3.05, 3.63) is 36.5 Å². The van der Waals surface area contributed by atoms with Gasteiger partial charge in [0.1, 0.15) is 0 Å². The summed E-state index contributed by atoms with van der Waals surface area (Å²) in [7, 11) is 0. The number of aromatic nitrogens is 1. The lowest BCUT2D eigenvalue weighted by Crippen LogP contribution is -2.19. The summed E-state index contributed by atoms with van der Waals surface area (Å²) >= 11 is 0. The Balaban J connectivity index is 2.39. The maximum absolute atomic E-state index is 5.50. The molecule has 3 heteroatoms. The number of ether oxygens (including phenoxy) is 1. The Morgan fingerprint density at radius 1 is 1.47 bits per heavy atom. The third kappa shape index (κ3) is 6.07. The van der Waals surface area contributed by atoms with Crippen molar-refractivity contribution in [3.63, 3.8) is 0 Å². The fourth-order valence-electron chi connectivity index (χ4n) is 1.37. The molecule has 1 aromatic heterocycles. The molecule has 0 saturated heterocycles. The number of rotatable bonds is 8. The molecule has 0 bridgehead atoms. The van der Waals surface area contributed by atoms with Crippen molar-refractivity contribution >= 4 is 0 Å². The Morgan fingerprint density at radius 2 is 2.29 bits per heavy atom. The first-order valence-electron chi connectivity index (χ1n) is 6.12. The Hall–Kier alpha value is -1.35. The van der Waals surface area contributed by atoms with Gasteiger partial charge in [0.05, 0.1) is 12.3 Å². The van der Waals surface area contributed by atoms with Crippen molar-refractivity contribution in [2.45, 2.75) is 26.8 Å². The van der Waals surface area contributed by atoms with Crippen molar-refractivity contribution in [2.75, 3.05) is 13.2 Å². The lowest BCUT2D eigenvalue weighted by molar-refractivity contribution is 0.311. The number of hydrogen-bond acceptors (Lipinski definition) is 3. The van der Waals surface area contributed by atoms with Crippen LogP contribution in [0.2, 0.25) is 0 Å². The van der Waals surface area contributed by atoms with Gasteiger partial charge >= 0.3 is 0 Å². The van der Waals surface area contributed by atoms with Gasteiger partial charge < -0.3 is 10.1 Å². The highest BCUT2D eigenvalue weighted by Gasteiger charge is 1.99. The topological polar surface area (TPSA) is 34.1 Å². The zero-order valence-electron chi connectivity index (χ0n) is 10.8. The highest BCUT2D eigenvalue weighted by atomic mass is 16.5. The van der Waals surface area contributed by atoms with Crippen LogP contribution < -0.4 is 10.1 Å². The SMILES string of the molecule is C=CCCOc1cccc(CNCC(C)C)n1. The van der Waals surface area contributed by atoms with Crippen LogP contribution in [-0.2, 0) is 6.54 Å². The maximum atomic E-state index is 5.50. The minimum absolute atomic E-state index is 0.638. The van der Waals surface area contributed by atoms with Crippen molar-refractivity contribution in [1.82, 2.24) is 10.3 Å². The Bertz CT molecular complexity index is 337. The molecule has 0 aromatic carbocycles. The van der Waals surface area contributed by atoms with Crippen LogP contribution in [0.4, 0.5) is 0 Å². The van der Waals surface area contributed by atoms with Crippen LogP contribution in [-0.4, -0.2) is 18.1 Å². The van der Waals surface area contributed by atoms with Crippen LogP contribution in [0.5, 0.6) is 5.88 Å². The van der Waals surface area contributed by atoms with Crippen LogP contribution in [0.1, 0.15) is 26.0 Å². The Morgan fingerprint density at radius 3 is 3.00 bits per heavy atom. The lowest BCUT2D eigenvalue weighted by Gasteiger charge is -2.08. The molecule has 94 valence electrons. The molecule has 17 heavy (non-hydrogen) atoms. The van der Waals surface area contributed by atoms with Gasteiger partial charge in [-0.2, -0.15) is 0 Å². The van der Waals surface area contributed by atoms with Gasteiger partial charge in [0, 0.05) is 12.6 Å². The first-order valence-corrected chi connectivity index (χ1v) is 6.12. The first-order chi connectivity index (χ1) is 8.22. The zero-order chi connectivity index (χ0) is 12.5. The second-order valence-electron chi connectivity index (χ2n) is 4.42. The summed E-state index contributed by atoms with van der Waals surface area (Å²) in [5.41, 5.74) is 1.02. The third-order valence-electron chi connectivity index (χ3n) is 2.21. The van der Waals surface area contributed by atoms with Gasteiger partial charge in [-0.05, 0) is 24.9 Å². The smallest absolute Gasteiger partial charge is 0.213 e. The van der Waals surface area contributed by atoms with E-state index in [1.165, 1.54) is 0 Å². The van der Waals surface area contributed by atoms with E-state index < -0.39 is 0 Å². The summed E-state index contributed by atoms with van der Waals surface area (Å²) < 4.78 is 5.50. The maximum Gasteiger partial charge on any atom is 0.213 e. The molecule has 0 aliphatic carbocycles. The molecule has 0 aliphatic heterocycles. The quantitative estimate of drug-likeness (QED) is 0.555. The van der Waals surface area contributed by atoms with E-state index in [4.69, 9.17) is 4.74 Å². The van der Waals surface area contributed by atoms with E-state index in [0.29, 0.717) is 18.4 Å². The molecular formula is C14H22N2O. The van der Waals surface area contributed by atoms with Crippen LogP contribution in [0.3, 0.4) is 0 Å². The second-order valence-corrected chi connectivity index (χ2v) is 4.42. The summed E-state index contributed by atoms with van der Waals surface area (Å²) in [6.45, 7) is 10.5. The second kappa shape index (κ2) is 7.85. The number of nitrogens with one attached hydrogen (secondary N) is 1. The zero-order valence-corrected chi connectivity index (χ0v) is 10.8. The van der Waals surface area contributed by atoms with Crippen LogP contribution >= 0.6 is 0 Å². The Labute approximate surface area is 104 Å². The van der Waals surface area contributed by atoms with Gasteiger partial charge in [-0.3, -0.25) is 0 Å². The van der Waals surface area contributed by atoms with E-state index in [2.05, 4.69) is 30.7 Å². The largest absolute Gasteiger partial charge is 0.477 e. The molecule has 1 aromatic rings. The van der Waals surface area contributed by atoms with Gasteiger partial charge in [-0.1, -0.05) is 26.0 Å². The summed E-state index contributed by atoms with van der Waals surface area (Å²) in [4.78, 5) is 4.42. The van der Waals surface area contributed by atoms with Crippen molar-refractivity contribution in [1.29, 1.82) is 0 Å². The van der Waals surface area contributed by atoms with Crippen LogP contribution in [0, 0.1) is 5.92 Å². The molecule has 0 amide bonds. The molecule has 1 rings (SSSR count). The Kier molecular flexibility index (Phi) is 6.33. The number of nitrogens with zero attached hydrogens (tertiary/aromatic N) is 1. The normalized spacial score (nSPS) is 10.5. The molecular weight excluding hydrogens is 212 g/mol. The van der Waals surface area contributed by atoms with E-state index in [9.17, 15) is 0 Å². The summed E-state index contributed by atoms with van der Waals surface area (Å²) in [6, 6.07) is 5.87. The van der Waals surface area contributed by atoms with Crippen molar-refractivity contribution < 1.29 is 4.74 Å². The summed E-state index contributed by atoms with van der Waals surface area (Å²) in [5, 5.41) is 3.36. The van der Waals surface area contributed by atoms with E-state index in [-0.39, 0.29) is 0 Å². The van der Waals surface area contributed by atoms with Crippen LogP contribution in [0.15, 0.2) is 30.9 Å².